The first-order valence-corrected chi connectivity index (χ1v) is 11.3. The van der Waals surface area contributed by atoms with E-state index in [0.29, 0.717) is 18.0 Å². The number of pyridine rings is 1. The van der Waals surface area contributed by atoms with Gasteiger partial charge in [0.25, 0.3) is 5.91 Å². The summed E-state index contributed by atoms with van der Waals surface area (Å²) in [6, 6.07) is 10.8. The van der Waals surface area contributed by atoms with Crippen LogP contribution in [0, 0.1) is 6.92 Å². The highest BCUT2D eigenvalue weighted by molar-refractivity contribution is 7.90. The molecular weight excluding hydrogens is 461 g/mol. The van der Waals surface area contributed by atoms with Crippen molar-refractivity contribution in [3.05, 3.63) is 71.4 Å². The van der Waals surface area contributed by atoms with Crippen molar-refractivity contribution in [3.8, 4) is 17.4 Å². The lowest BCUT2D eigenvalue weighted by molar-refractivity contribution is -0.137. The lowest BCUT2D eigenvalue weighted by atomic mass is 10.1. The number of methoxy groups -OCH3 is 1. The Labute approximate surface area is 188 Å². The number of sulfone groups is 1. The van der Waals surface area contributed by atoms with Crippen molar-refractivity contribution in [2.24, 2.45) is 0 Å². The molecule has 0 saturated heterocycles. The van der Waals surface area contributed by atoms with Gasteiger partial charge in [-0.15, -0.1) is 0 Å². The quantitative estimate of drug-likeness (QED) is 0.541. The average molecular weight is 480 g/mol. The minimum absolute atomic E-state index is 0.0664. The number of carbonyl (C=O) groups excluding carboxylic acids is 1. The molecule has 0 bridgehead atoms. The summed E-state index contributed by atoms with van der Waals surface area (Å²) in [5.41, 5.74) is -0.736. The molecule has 174 valence electrons. The van der Waals surface area contributed by atoms with Gasteiger partial charge in [0.05, 0.1) is 17.6 Å². The maximum atomic E-state index is 13.3. The van der Waals surface area contributed by atoms with Gasteiger partial charge in [0, 0.05) is 18.1 Å². The number of hydrogen-bond acceptors (Lipinski definition) is 6. The van der Waals surface area contributed by atoms with E-state index in [1.807, 2.05) is 6.92 Å². The Hall–Kier alpha value is -3.60. The molecular formula is C22H19F3N2O5S. The second-order valence-electron chi connectivity index (χ2n) is 7.08. The standard InChI is InChI=1S/C22H19F3N2O5S/c1-13-7-8-18(19(9-13)31-2)32-21-17(10-14(12-26-21)22(23,24)25)20(28)27-15-5-4-6-16(11-15)33(3,29)30/h4-12H,1-3H3,(H,27,28). The van der Waals surface area contributed by atoms with Crippen LogP contribution in [0.1, 0.15) is 21.5 Å². The molecule has 0 spiro atoms. The van der Waals surface area contributed by atoms with Crippen molar-refractivity contribution >= 4 is 21.4 Å². The number of hydrogen-bond donors (Lipinski definition) is 1. The summed E-state index contributed by atoms with van der Waals surface area (Å²) in [6.07, 6.45) is -3.21. The number of anilines is 1. The third-order valence-corrected chi connectivity index (χ3v) is 5.58. The number of halogens is 3. The van der Waals surface area contributed by atoms with Crippen LogP contribution in [0.25, 0.3) is 0 Å². The molecule has 0 atom stereocenters. The number of aromatic nitrogens is 1. The first kappa shape index (κ1) is 24.1. The number of ether oxygens (including phenoxy) is 2. The molecule has 3 aromatic rings. The molecule has 1 heterocycles. The zero-order valence-electron chi connectivity index (χ0n) is 17.7. The van der Waals surface area contributed by atoms with Gasteiger partial charge in [-0.1, -0.05) is 12.1 Å². The van der Waals surface area contributed by atoms with Gasteiger partial charge in [-0.2, -0.15) is 13.2 Å². The predicted molar refractivity (Wildman–Crippen MR) is 115 cm³/mol. The first-order chi connectivity index (χ1) is 15.4. The Balaban J connectivity index is 2.02. The van der Waals surface area contributed by atoms with Gasteiger partial charge < -0.3 is 14.8 Å². The average Bonchev–Trinajstić information content (AvgIpc) is 2.74. The second-order valence-corrected chi connectivity index (χ2v) is 9.10. The van der Waals surface area contributed by atoms with E-state index in [2.05, 4.69) is 10.3 Å². The van der Waals surface area contributed by atoms with Gasteiger partial charge in [0.15, 0.2) is 21.3 Å². The fraction of sp³-hybridized carbons (Fsp3) is 0.182. The Morgan fingerprint density at radius 2 is 1.79 bits per heavy atom. The zero-order valence-corrected chi connectivity index (χ0v) is 18.5. The van der Waals surface area contributed by atoms with Crippen LogP contribution in [-0.4, -0.2) is 32.7 Å². The van der Waals surface area contributed by atoms with E-state index in [0.717, 1.165) is 11.8 Å². The third-order valence-electron chi connectivity index (χ3n) is 4.47. The highest BCUT2D eigenvalue weighted by Crippen LogP contribution is 2.36. The summed E-state index contributed by atoms with van der Waals surface area (Å²) in [5, 5.41) is 2.39. The number of alkyl halides is 3. The van der Waals surface area contributed by atoms with Gasteiger partial charge in [-0.25, -0.2) is 13.4 Å². The van der Waals surface area contributed by atoms with Gasteiger partial charge in [-0.05, 0) is 48.9 Å². The van der Waals surface area contributed by atoms with E-state index >= 15 is 0 Å². The molecule has 0 fully saturated rings. The Morgan fingerprint density at radius 3 is 2.42 bits per heavy atom. The number of aryl methyl sites for hydroxylation is 1. The predicted octanol–water partition coefficient (Wildman–Crippen LogP) is 4.87. The fourth-order valence-electron chi connectivity index (χ4n) is 2.82. The smallest absolute Gasteiger partial charge is 0.417 e. The van der Waals surface area contributed by atoms with Crippen molar-refractivity contribution in [3.63, 3.8) is 0 Å². The molecule has 0 radical (unpaired) electrons. The Kier molecular flexibility index (Phi) is 6.63. The number of nitrogens with one attached hydrogen (secondary N) is 1. The lowest BCUT2D eigenvalue weighted by Gasteiger charge is -2.15. The zero-order chi connectivity index (χ0) is 24.4. The van der Waals surface area contributed by atoms with E-state index in [1.54, 1.807) is 12.1 Å². The lowest BCUT2D eigenvalue weighted by Crippen LogP contribution is -2.16. The molecule has 2 aromatic carbocycles. The van der Waals surface area contributed by atoms with Crippen LogP contribution >= 0.6 is 0 Å². The van der Waals surface area contributed by atoms with Crippen molar-refractivity contribution in [2.45, 2.75) is 18.0 Å². The summed E-state index contributed by atoms with van der Waals surface area (Å²) in [4.78, 5) is 16.5. The molecule has 1 aromatic heterocycles. The summed E-state index contributed by atoms with van der Waals surface area (Å²) >= 11 is 0. The van der Waals surface area contributed by atoms with Crippen molar-refractivity contribution in [1.82, 2.24) is 4.98 Å². The van der Waals surface area contributed by atoms with E-state index in [1.165, 1.54) is 37.4 Å². The SMILES string of the molecule is COc1cc(C)ccc1Oc1ncc(C(F)(F)F)cc1C(=O)Nc1cccc(S(C)(=O)=O)c1. The summed E-state index contributed by atoms with van der Waals surface area (Å²) in [7, 11) is -2.17. The van der Waals surface area contributed by atoms with Crippen LogP contribution in [0.15, 0.2) is 59.6 Å². The number of amides is 1. The molecule has 33 heavy (non-hydrogen) atoms. The third kappa shape index (κ3) is 5.80. The molecule has 1 amide bonds. The largest absolute Gasteiger partial charge is 0.493 e. The Bertz CT molecular complexity index is 1310. The molecule has 0 saturated carbocycles. The van der Waals surface area contributed by atoms with Gasteiger partial charge in [-0.3, -0.25) is 4.79 Å². The monoisotopic (exact) mass is 480 g/mol. The van der Waals surface area contributed by atoms with Crippen LogP contribution in [-0.2, 0) is 16.0 Å². The molecule has 3 rings (SSSR count). The summed E-state index contributed by atoms with van der Waals surface area (Å²) < 4.78 is 74.2. The van der Waals surface area contributed by atoms with Gasteiger partial charge >= 0.3 is 6.18 Å². The number of carbonyl (C=O) groups is 1. The normalized spacial score (nSPS) is 11.7. The van der Waals surface area contributed by atoms with Crippen molar-refractivity contribution in [1.29, 1.82) is 0 Å². The Morgan fingerprint density at radius 1 is 1.06 bits per heavy atom. The number of rotatable bonds is 6. The minimum Gasteiger partial charge on any atom is -0.493 e. The molecule has 1 N–H and O–H groups in total. The van der Waals surface area contributed by atoms with Crippen LogP contribution in [0.5, 0.6) is 17.4 Å². The summed E-state index contributed by atoms with van der Waals surface area (Å²) in [6.45, 7) is 1.81. The van der Waals surface area contributed by atoms with Crippen molar-refractivity contribution in [2.75, 3.05) is 18.7 Å². The van der Waals surface area contributed by atoms with Crippen LogP contribution in [0.4, 0.5) is 18.9 Å². The highest BCUT2D eigenvalue weighted by atomic mass is 32.2. The van der Waals surface area contributed by atoms with Crippen LogP contribution in [0.3, 0.4) is 0 Å². The second kappa shape index (κ2) is 9.10. The van der Waals surface area contributed by atoms with E-state index in [4.69, 9.17) is 9.47 Å². The van der Waals surface area contributed by atoms with E-state index in [9.17, 15) is 26.4 Å². The van der Waals surface area contributed by atoms with Gasteiger partial charge in [0.2, 0.25) is 5.88 Å². The van der Waals surface area contributed by atoms with Crippen LogP contribution in [0.2, 0.25) is 0 Å². The minimum atomic E-state index is -4.75. The van der Waals surface area contributed by atoms with Crippen molar-refractivity contribution < 1.29 is 35.9 Å². The molecule has 11 heteroatoms. The van der Waals surface area contributed by atoms with Gasteiger partial charge in [0.1, 0.15) is 5.56 Å². The molecule has 0 aliphatic carbocycles. The topological polar surface area (TPSA) is 94.6 Å². The number of benzene rings is 2. The number of nitrogens with zero attached hydrogens (tertiary/aromatic N) is 1. The fourth-order valence-corrected chi connectivity index (χ4v) is 3.48. The molecule has 0 unspecified atom stereocenters. The summed E-state index contributed by atoms with van der Waals surface area (Å²) in [5.74, 6) is -0.922. The molecule has 7 nitrogen and oxygen atoms in total. The maximum Gasteiger partial charge on any atom is 0.417 e. The highest BCUT2D eigenvalue weighted by Gasteiger charge is 2.33. The van der Waals surface area contributed by atoms with E-state index < -0.39 is 33.0 Å². The maximum absolute atomic E-state index is 13.3. The van der Waals surface area contributed by atoms with Crippen LogP contribution < -0.4 is 14.8 Å². The molecule has 0 aliphatic heterocycles. The molecule has 0 aliphatic rings. The van der Waals surface area contributed by atoms with E-state index in [-0.39, 0.29) is 22.2 Å². The first-order valence-electron chi connectivity index (χ1n) is 9.39.